The van der Waals surface area contributed by atoms with Crippen molar-refractivity contribution >= 4 is 17.6 Å². The average Bonchev–Trinajstić information content (AvgIpc) is 2.77. The fraction of sp³-hybridized carbons (Fsp3) is 0.200. The normalized spacial score (nSPS) is 13.8. The molecule has 4 nitrogen and oxygen atoms in total. The van der Waals surface area contributed by atoms with Crippen LogP contribution in [0.15, 0.2) is 78.9 Å². The van der Waals surface area contributed by atoms with Crippen LogP contribution in [-0.4, -0.2) is 17.1 Å². The van der Waals surface area contributed by atoms with Crippen LogP contribution in [0.5, 0.6) is 0 Å². The zero-order chi connectivity index (χ0) is 21.5. The van der Waals surface area contributed by atoms with E-state index >= 15 is 0 Å². The van der Waals surface area contributed by atoms with Gasteiger partial charge in [0, 0.05) is 17.0 Å². The molecule has 0 amide bonds. The van der Waals surface area contributed by atoms with Gasteiger partial charge in [-0.05, 0) is 54.3 Å². The summed E-state index contributed by atoms with van der Waals surface area (Å²) in [6.45, 7) is 1.98. The number of carbonyl (C=O) groups is 1. The standard InChI is InChI=1S/C25H23ClN2O2/c1-17(28-24(25(29)30)20-7-3-2-4-8-20)23(15-18-10-12-22(26)13-11-18)21-9-5-6-19(14-21)16-27/h2-14,17,23-24,28H,15H2,1H3,(H,29,30)/t17-,23+,24?/m0/s1. The molecule has 2 N–H and O–H groups in total. The first kappa shape index (κ1) is 21.6. The topological polar surface area (TPSA) is 73.1 Å². The van der Waals surface area contributed by atoms with Crippen LogP contribution in [-0.2, 0) is 11.2 Å². The molecule has 3 aromatic rings. The van der Waals surface area contributed by atoms with Gasteiger partial charge in [0.2, 0.25) is 0 Å². The molecule has 0 bridgehead atoms. The lowest BCUT2D eigenvalue weighted by molar-refractivity contribution is -0.139. The van der Waals surface area contributed by atoms with Gasteiger partial charge in [-0.15, -0.1) is 0 Å². The number of halogens is 1. The fourth-order valence-electron chi connectivity index (χ4n) is 3.63. The van der Waals surface area contributed by atoms with Gasteiger partial charge in [0.1, 0.15) is 6.04 Å². The summed E-state index contributed by atoms with van der Waals surface area (Å²) in [4.78, 5) is 12.0. The molecule has 0 spiro atoms. The maximum atomic E-state index is 12.0. The number of hydrogen-bond donors (Lipinski definition) is 2. The van der Waals surface area contributed by atoms with Crippen molar-refractivity contribution in [1.29, 1.82) is 5.26 Å². The predicted molar refractivity (Wildman–Crippen MR) is 118 cm³/mol. The Hall–Kier alpha value is -3.13. The van der Waals surface area contributed by atoms with Gasteiger partial charge in [0.15, 0.2) is 0 Å². The zero-order valence-corrected chi connectivity index (χ0v) is 17.4. The van der Waals surface area contributed by atoms with Crippen molar-refractivity contribution in [1.82, 2.24) is 5.32 Å². The molecule has 3 atom stereocenters. The number of benzene rings is 3. The zero-order valence-electron chi connectivity index (χ0n) is 16.6. The molecular formula is C25H23ClN2O2. The highest BCUT2D eigenvalue weighted by Crippen LogP contribution is 2.28. The molecule has 3 aromatic carbocycles. The minimum atomic E-state index is -0.927. The van der Waals surface area contributed by atoms with Crippen LogP contribution in [0.3, 0.4) is 0 Å². The van der Waals surface area contributed by atoms with Crippen molar-refractivity contribution in [2.24, 2.45) is 0 Å². The van der Waals surface area contributed by atoms with Crippen LogP contribution in [0, 0.1) is 11.3 Å². The third-order valence-corrected chi connectivity index (χ3v) is 5.48. The van der Waals surface area contributed by atoms with Crippen molar-refractivity contribution in [3.63, 3.8) is 0 Å². The molecule has 0 radical (unpaired) electrons. The Morgan fingerprint density at radius 3 is 2.33 bits per heavy atom. The largest absolute Gasteiger partial charge is 0.480 e. The summed E-state index contributed by atoms with van der Waals surface area (Å²) in [5.74, 6) is -0.964. The van der Waals surface area contributed by atoms with Gasteiger partial charge in [0.25, 0.3) is 0 Å². The molecule has 0 aliphatic carbocycles. The van der Waals surface area contributed by atoms with E-state index in [1.54, 1.807) is 6.07 Å². The molecule has 152 valence electrons. The molecule has 0 heterocycles. The molecular weight excluding hydrogens is 396 g/mol. The lowest BCUT2D eigenvalue weighted by Crippen LogP contribution is -2.39. The number of nitrogens with zero attached hydrogens (tertiary/aromatic N) is 1. The maximum Gasteiger partial charge on any atom is 0.325 e. The van der Waals surface area contributed by atoms with Crippen LogP contribution in [0.4, 0.5) is 0 Å². The van der Waals surface area contributed by atoms with Gasteiger partial charge in [-0.2, -0.15) is 5.26 Å². The molecule has 1 unspecified atom stereocenters. The molecule has 0 fully saturated rings. The Morgan fingerprint density at radius 1 is 1.03 bits per heavy atom. The minimum Gasteiger partial charge on any atom is -0.480 e. The Kier molecular flexibility index (Phi) is 7.24. The van der Waals surface area contributed by atoms with Gasteiger partial charge in [-0.25, -0.2) is 0 Å². The summed E-state index contributed by atoms with van der Waals surface area (Å²) in [5.41, 5.74) is 3.36. The summed E-state index contributed by atoms with van der Waals surface area (Å²) in [7, 11) is 0. The Morgan fingerprint density at radius 2 is 1.70 bits per heavy atom. The van der Waals surface area contributed by atoms with Gasteiger partial charge in [-0.1, -0.05) is 66.2 Å². The van der Waals surface area contributed by atoms with E-state index in [4.69, 9.17) is 11.6 Å². The number of carboxylic acid groups (broad SMARTS) is 1. The Labute approximate surface area is 181 Å². The second-order valence-electron chi connectivity index (χ2n) is 7.31. The number of carboxylic acids is 1. The number of nitriles is 1. The van der Waals surface area contributed by atoms with Crippen molar-refractivity contribution in [3.05, 3.63) is 106 Å². The highest BCUT2D eigenvalue weighted by molar-refractivity contribution is 6.30. The second kappa shape index (κ2) is 10.1. The van der Waals surface area contributed by atoms with Gasteiger partial charge in [-0.3, -0.25) is 10.1 Å². The van der Waals surface area contributed by atoms with E-state index in [1.165, 1.54) is 0 Å². The maximum absolute atomic E-state index is 12.0. The first-order chi connectivity index (χ1) is 14.5. The smallest absolute Gasteiger partial charge is 0.325 e. The van der Waals surface area contributed by atoms with Crippen molar-refractivity contribution in [3.8, 4) is 6.07 Å². The third-order valence-electron chi connectivity index (χ3n) is 5.23. The molecule has 0 saturated carbocycles. The summed E-state index contributed by atoms with van der Waals surface area (Å²) >= 11 is 6.03. The van der Waals surface area contributed by atoms with Crippen molar-refractivity contribution in [2.75, 3.05) is 0 Å². The van der Waals surface area contributed by atoms with E-state index in [0.29, 0.717) is 22.6 Å². The SMILES string of the molecule is C[C@H](NC(C(=O)O)c1ccccc1)[C@@H](Cc1ccc(Cl)cc1)c1cccc(C#N)c1. The monoisotopic (exact) mass is 418 g/mol. The van der Waals surface area contributed by atoms with Gasteiger partial charge in [0.05, 0.1) is 11.6 Å². The number of hydrogen-bond acceptors (Lipinski definition) is 3. The second-order valence-corrected chi connectivity index (χ2v) is 7.75. The molecule has 3 rings (SSSR count). The summed E-state index contributed by atoms with van der Waals surface area (Å²) in [6.07, 6.45) is 0.682. The van der Waals surface area contributed by atoms with E-state index in [9.17, 15) is 15.2 Å². The lowest BCUT2D eigenvalue weighted by atomic mass is 9.85. The van der Waals surface area contributed by atoms with E-state index in [2.05, 4.69) is 11.4 Å². The fourth-order valence-corrected chi connectivity index (χ4v) is 3.76. The predicted octanol–water partition coefficient (Wildman–Crippen LogP) is 5.34. The molecule has 0 saturated heterocycles. The third kappa shape index (κ3) is 5.48. The van der Waals surface area contributed by atoms with Crippen LogP contribution in [0.25, 0.3) is 0 Å². The molecule has 0 aliphatic heterocycles. The Balaban J connectivity index is 1.92. The molecule has 30 heavy (non-hydrogen) atoms. The van der Waals surface area contributed by atoms with Crippen LogP contribution in [0.1, 0.15) is 41.1 Å². The summed E-state index contributed by atoms with van der Waals surface area (Å²) in [5, 5.41) is 23.1. The minimum absolute atomic E-state index is 0.0370. The van der Waals surface area contributed by atoms with Crippen LogP contribution < -0.4 is 5.32 Å². The molecule has 0 aromatic heterocycles. The van der Waals surface area contributed by atoms with E-state index < -0.39 is 12.0 Å². The summed E-state index contributed by atoms with van der Waals surface area (Å²) in [6, 6.07) is 25.5. The lowest BCUT2D eigenvalue weighted by Gasteiger charge is -2.29. The van der Waals surface area contributed by atoms with E-state index in [-0.39, 0.29) is 12.0 Å². The van der Waals surface area contributed by atoms with E-state index in [0.717, 1.165) is 11.1 Å². The molecule has 5 heteroatoms. The van der Waals surface area contributed by atoms with E-state index in [1.807, 2.05) is 79.7 Å². The quantitative estimate of drug-likeness (QED) is 0.517. The van der Waals surface area contributed by atoms with Crippen LogP contribution >= 0.6 is 11.6 Å². The number of rotatable bonds is 8. The summed E-state index contributed by atoms with van der Waals surface area (Å²) < 4.78 is 0. The number of aliphatic carboxylic acids is 1. The highest BCUT2D eigenvalue weighted by atomic mass is 35.5. The van der Waals surface area contributed by atoms with Crippen molar-refractivity contribution < 1.29 is 9.90 Å². The Bertz CT molecular complexity index is 1030. The van der Waals surface area contributed by atoms with Crippen molar-refractivity contribution in [2.45, 2.75) is 31.3 Å². The first-order valence-corrected chi connectivity index (χ1v) is 10.1. The highest BCUT2D eigenvalue weighted by Gasteiger charge is 2.27. The van der Waals surface area contributed by atoms with Gasteiger partial charge < -0.3 is 5.11 Å². The first-order valence-electron chi connectivity index (χ1n) is 9.76. The number of nitrogens with one attached hydrogen (secondary N) is 1. The van der Waals surface area contributed by atoms with Gasteiger partial charge >= 0.3 is 5.97 Å². The average molecular weight is 419 g/mol. The molecule has 0 aliphatic rings. The van der Waals surface area contributed by atoms with Crippen LogP contribution in [0.2, 0.25) is 5.02 Å².